The first kappa shape index (κ1) is 14.4. The van der Waals surface area contributed by atoms with Crippen LogP contribution in [0, 0.1) is 0 Å². The molecule has 1 atom stereocenters. The first-order valence-corrected chi connectivity index (χ1v) is 8.25. The third kappa shape index (κ3) is 4.62. The van der Waals surface area contributed by atoms with Gasteiger partial charge in [-0.3, -0.25) is 0 Å². The zero-order valence-corrected chi connectivity index (χ0v) is 11.4. The molecule has 0 saturated carbocycles. The van der Waals surface area contributed by atoms with Crippen molar-refractivity contribution in [3.05, 3.63) is 12.2 Å². The average Bonchev–Trinajstić information content (AvgIpc) is 2.16. The van der Waals surface area contributed by atoms with Crippen LogP contribution in [0.5, 0.6) is 0 Å². The lowest BCUT2D eigenvalue weighted by molar-refractivity contribution is -0.141. The van der Waals surface area contributed by atoms with Gasteiger partial charge in [0.2, 0.25) is 8.32 Å². The molecule has 88 valence electrons. The molecule has 0 aromatic carbocycles. The third-order valence-electron chi connectivity index (χ3n) is 2.45. The molecule has 0 aliphatic rings. The minimum Gasteiger partial charge on any atom is -0.460 e. The van der Waals surface area contributed by atoms with Gasteiger partial charge in [-0.05, 0) is 26.4 Å². The van der Waals surface area contributed by atoms with E-state index in [2.05, 4.69) is 26.6 Å². The van der Waals surface area contributed by atoms with Gasteiger partial charge >= 0.3 is 5.97 Å². The van der Waals surface area contributed by atoms with Gasteiger partial charge < -0.3 is 9.16 Å². The van der Waals surface area contributed by atoms with Crippen LogP contribution < -0.4 is 0 Å². The van der Waals surface area contributed by atoms with E-state index in [9.17, 15) is 4.79 Å². The van der Waals surface area contributed by atoms with Crippen molar-refractivity contribution in [2.75, 3.05) is 7.11 Å². The van der Waals surface area contributed by atoms with E-state index in [0.717, 1.165) is 12.8 Å². The highest BCUT2D eigenvalue weighted by Crippen LogP contribution is 2.18. The molecule has 0 spiro atoms. The summed E-state index contributed by atoms with van der Waals surface area (Å²) in [7, 11) is -0.236. The molecular weight excluding hydrogens is 208 g/mol. The van der Waals surface area contributed by atoms with Crippen LogP contribution in [0.2, 0.25) is 13.1 Å². The number of ether oxygens (including phenoxy) is 1. The number of hydrogen-bond donors (Lipinski definition) is 0. The van der Waals surface area contributed by atoms with Crippen molar-refractivity contribution in [1.29, 1.82) is 0 Å². The zero-order chi connectivity index (χ0) is 12.1. The highest BCUT2D eigenvalue weighted by atomic mass is 28.4. The molecule has 0 amide bonds. The number of esters is 1. The quantitative estimate of drug-likeness (QED) is 0.400. The van der Waals surface area contributed by atoms with E-state index in [1.54, 1.807) is 14.0 Å². The minimum absolute atomic E-state index is 0.0864. The third-order valence-corrected chi connectivity index (χ3v) is 5.46. The zero-order valence-electron chi connectivity index (χ0n) is 10.4. The van der Waals surface area contributed by atoms with Crippen molar-refractivity contribution in [3.63, 3.8) is 0 Å². The number of carbonyl (C=O) groups excluding carboxylic acids is 1. The Balaban J connectivity index is 4.54. The van der Waals surface area contributed by atoms with E-state index >= 15 is 0 Å². The standard InChI is InChI=1S/C11H22O3Si/c1-7-8-10(15(5,6)13-4)14-11(12)9(2)3/h10H,2,7-8H2,1,3-6H3. The van der Waals surface area contributed by atoms with Crippen LogP contribution in [0.3, 0.4) is 0 Å². The Hall–Kier alpha value is -0.613. The smallest absolute Gasteiger partial charge is 0.333 e. The fraction of sp³-hybridized carbons (Fsp3) is 0.727. The Morgan fingerprint density at radius 1 is 1.47 bits per heavy atom. The first-order valence-electron chi connectivity index (χ1n) is 5.26. The fourth-order valence-corrected chi connectivity index (χ4v) is 2.81. The molecule has 0 aromatic rings. The summed E-state index contributed by atoms with van der Waals surface area (Å²) in [6, 6.07) is 0. The molecule has 0 heterocycles. The van der Waals surface area contributed by atoms with Gasteiger partial charge in [0, 0.05) is 12.7 Å². The molecule has 0 bridgehead atoms. The number of hydrogen-bond acceptors (Lipinski definition) is 3. The number of carbonyl (C=O) groups is 1. The van der Waals surface area contributed by atoms with E-state index in [1.165, 1.54) is 0 Å². The normalized spacial score (nSPS) is 13.4. The summed E-state index contributed by atoms with van der Waals surface area (Å²) in [5.41, 5.74) is 0.355. The predicted molar refractivity (Wildman–Crippen MR) is 64.1 cm³/mol. The minimum atomic E-state index is -1.92. The van der Waals surface area contributed by atoms with Gasteiger partial charge in [0.1, 0.15) is 5.73 Å². The van der Waals surface area contributed by atoms with Gasteiger partial charge in [-0.1, -0.05) is 19.9 Å². The van der Waals surface area contributed by atoms with Gasteiger partial charge in [0.05, 0.1) is 0 Å². The second-order valence-electron chi connectivity index (χ2n) is 4.27. The summed E-state index contributed by atoms with van der Waals surface area (Å²) >= 11 is 0. The molecule has 3 nitrogen and oxygen atoms in total. The lowest BCUT2D eigenvalue weighted by atomic mass is 10.3. The van der Waals surface area contributed by atoms with Gasteiger partial charge in [0.15, 0.2) is 0 Å². The molecule has 4 heteroatoms. The highest BCUT2D eigenvalue weighted by Gasteiger charge is 2.35. The van der Waals surface area contributed by atoms with Crippen LogP contribution in [0.1, 0.15) is 26.7 Å². The maximum absolute atomic E-state index is 11.4. The SMILES string of the molecule is C=C(C)C(=O)OC(CCC)[Si](C)(C)OC. The molecule has 0 radical (unpaired) electrons. The monoisotopic (exact) mass is 230 g/mol. The molecule has 0 aliphatic carbocycles. The van der Waals surface area contributed by atoms with E-state index in [-0.39, 0.29) is 11.7 Å². The average molecular weight is 230 g/mol. The van der Waals surface area contributed by atoms with Gasteiger partial charge in [-0.2, -0.15) is 0 Å². The molecule has 0 aliphatic heterocycles. The molecule has 0 N–H and O–H groups in total. The Kier molecular flexibility index (Phi) is 5.83. The lowest BCUT2D eigenvalue weighted by Gasteiger charge is -2.30. The maximum Gasteiger partial charge on any atom is 0.333 e. The highest BCUT2D eigenvalue weighted by molar-refractivity contribution is 6.72. The molecule has 0 rings (SSSR count). The van der Waals surface area contributed by atoms with Crippen molar-refractivity contribution < 1.29 is 14.0 Å². The summed E-state index contributed by atoms with van der Waals surface area (Å²) in [4.78, 5) is 11.4. The predicted octanol–water partition coefficient (Wildman–Crippen LogP) is 2.67. The largest absolute Gasteiger partial charge is 0.460 e. The van der Waals surface area contributed by atoms with Crippen molar-refractivity contribution >= 4 is 14.3 Å². The van der Waals surface area contributed by atoms with Crippen LogP contribution in [0.4, 0.5) is 0 Å². The Labute approximate surface area is 93.6 Å². The molecule has 0 aromatic heterocycles. The second kappa shape index (κ2) is 6.08. The fourth-order valence-electron chi connectivity index (χ4n) is 1.17. The Morgan fingerprint density at radius 3 is 2.33 bits per heavy atom. The lowest BCUT2D eigenvalue weighted by Crippen LogP contribution is -2.46. The van der Waals surface area contributed by atoms with E-state index in [1.807, 2.05) is 0 Å². The summed E-state index contributed by atoms with van der Waals surface area (Å²) in [6.45, 7) is 11.4. The Bertz CT molecular complexity index is 236. The van der Waals surface area contributed by atoms with Crippen LogP contribution >= 0.6 is 0 Å². The van der Waals surface area contributed by atoms with E-state index in [0.29, 0.717) is 5.57 Å². The van der Waals surface area contributed by atoms with Crippen LogP contribution in [0.15, 0.2) is 12.2 Å². The van der Waals surface area contributed by atoms with Crippen molar-refractivity contribution in [1.82, 2.24) is 0 Å². The molecule has 1 unspecified atom stereocenters. The van der Waals surface area contributed by atoms with E-state index < -0.39 is 8.32 Å². The van der Waals surface area contributed by atoms with Gasteiger partial charge in [-0.15, -0.1) is 0 Å². The maximum atomic E-state index is 11.4. The summed E-state index contributed by atoms with van der Waals surface area (Å²) in [5, 5.41) is 0. The molecule has 15 heavy (non-hydrogen) atoms. The first-order chi connectivity index (χ1) is 6.85. The Morgan fingerprint density at radius 2 is 2.00 bits per heavy atom. The number of rotatable bonds is 6. The molecule has 0 fully saturated rings. The van der Waals surface area contributed by atoms with Crippen LogP contribution in [0.25, 0.3) is 0 Å². The van der Waals surface area contributed by atoms with Gasteiger partial charge in [-0.25, -0.2) is 4.79 Å². The molecule has 0 saturated heterocycles. The second-order valence-corrected chi connectivity index (χ2v) is 8.53. The topological polar surface area (TPSA) is 35.5 Å². The van der Waals surface area contributed by atoms with Crippen molar-refractivity contribution in [2.24, 2.45) is 0 Å². The van der Waals surface area contributed by atoms with Crippen molar-refractivity contribution in [2.45, 2.75) is 45.5 Å². The van der Waals surface area contributed by atoms with Crippen molar-refractivity contribution in [3.8, 4) is 0 Å². The van der Waals surface area contributed by atoms with Gasteiger partial charge in [0.25, 0.3) is 0 Å². The van der Waals surface area contributed by atoms with Crippen LogP contribution in [-0.2, 0) is 14.0 Å². The summed E-state index contributed by atoms with van der Waals surface area (Å²) in [6.07, 6.45) is 1.83. The van der Waals surface area contributed by atoms with E-state index in [4.69, 9.17) is 9.16 Å². The summed E-state index contributed by atoms with van der Waals surface area (Å²) < 4.78 is 10.9. The molecular formula is C11H22O3Si. The summed E-state index contributed by atoms with van der Waals surface area (Å²) in [5.74, 6) is -0.314. The van der Waals surface area contributed by atoms with Crippen LogP contribution in [-0.4, -0.2) is 27.1 Å².